The predicted molar refractivity (Wildman–Crippen MR) is 78.1 cm³/mol. The molecule has 1 fully saturated rings. The standard InChI is InChI=1S/C14H22N4O2/c1-18(2)13-15-9-6-11(16-13)17-14(10-12(19)20)7-4-3-5-8-14/h6,9H,3-5,7-8,10H2,1-2H3,(H,19,20)(H,15,16,17). The summed E-state index contributed by atoms with van der Waals surface area (Å²) in [4.78, 5) is 21.6. The van der Waals surface area contributed by atoms with Gasteiger partial charge in [-0.25, -0.2) is 4.98 Å². The normalized spacial score (nSPS) is 17.5. The highest BCUT2D eigenvalue weighted by atomic mass is 16.4. The molecule has 1 aromatic rings. The van der Waals surface area contributed by atoms with Crippen LogP contribution in [0.4, 0.5) is 11.8 Å². The lowest BCUT2D eigenvalue weighted by molar-refractivity contribution is -0.138. The summed E-state index contributed by atoms with van der Waals surface area (Å²) in [6, 6.07) is 1.80. The molecule has 0 atom stereocenters. The van der Waals surface area contributed by atoms with Gasteiger partial charge in [-0.05, 0) is 18.9 Å². The van der Waals surface area contributed by atoms with Gasteiger partial charge in [-0.1, -0.05) is 19.3 Å². The van der Waals surface area contributed by atoms with Gasteiger partial charge in [-0.3, -0.25) is 4.79 Å². The minimum atomic E-state index is -0.763. The van der Waals surface area contributed by atoms with E-state index in [0.717, 1.165) is 25.7 Å². The van der Waals surface area contributed by atoms with Gasteiger partial charge in [0.25, 0.3) is 0 Å². The van der Waals surface area contributed by atoms with Crippen LogP contribution in [0.1, 0.15) is 38.5 Å². The van der Waals surface area contributed by atoms with Crippen molar-refractivity contribution in [1.82, 2.24) is 9.97 Å². The second kappa shape index (κ2) is 6.07. The van der Waals surface area contributed by atoms with E-state index in [4.69, 9.17) is 0 Å². The maximum absolute atomic E-state index is 11.2. The minimum absolute atomic E-state index is 0.133. The van der Waals surface area contributed by atoms with E-state index in [2.05, 4.69) is 15.3 Å². The molecule has 6 nitrogen and oxygen atoms in total. The van der Waals surface area contributed by atoms with Crippen molar-refractivity contribution in [1.29, 1.82) is 0 Å². The van der Waals surface area contributed by atoms with Crippen LogP contribution < -0.4 is 10.2 Å². The van der Waals surface area contributed by atoms with Crippen LogP contribution in [0.2, 0.25) is 0 Å². The van der Waals surface area contributed by atoms with Crippen LogP contribution in [0.15, 0.2) is 12.3 Å². The third kappa shape index (κ3) is 3.59. The van der Waals surface area contributed by atoms with E-state index in [1.807, 2.05) is 19.0 Å². The van der Waals surface area contributed by atoms with Gasteiger partial charge >= 0.3 is 5.97 Å². The first-order valence-electron chi connectivity index (χ1n) is 7.01. The lowest BCUT2D eigenvalue weighted by Gasteiger charge is -2.37. The van der Waals surface area contributed by atoms with E-state index in [9.17, 15) is 9.90 Å². The van der Waals surface area contributed by atoms with Crippen molar-refractivity contribution >= 4 is 17.7 Å². The van der Waals surface area contributed by atoms with Gasteiger partial charge in [0.15, 0.2) is 0 Å². The fraction of sp³-hybridized carbons (Fsp3) is 0.643. The van der Waals surface area contributed by atoms with Gasteiger partial charge < -0.3 is 15.3 Å². The van der Waals surface area contributed by atoms with E-state index in [1.54, 1.807) is 12.3 Å². The lowest BCUT2D eigenvalue weighted by Crippen LogP contribution is -2.42. The molecule has 0 bridgehead atoms. The average molecular weight is 278 g/mol. The van der Waals surface area contributed by atoms with Crippen LogP contribution in [0.3, 0.4) is 0 Å². The number of carbonyl (C=O) groups is 1. The van der Waals surface area contributed by atoms with Crippen molar-refractivity contribution in [2.24, 2.45) is 0 Å². The Labute approximate surface area is 119 Å². The van der Waals surface area contributed by atoms with Crippen LogP contribution in [-0.2, 0) is 4.79 Å². The summed E-state index contributed by atoms with van der Waals surface area (Å²) in [5.41, 5.74) is -0.373. The van der Waals surface area contributed by atoms with Gasteiger partial charge in [0.2, 0.25) is 5.95 Å². The fourth-order valence-corrected chi connectivity index (χ4v) is 2.77. The van der Waals surface area contributed by atoms with Gasteiger partial charge in [0.05, 0.1) is 6.42 Å². The molecule has 1 aromatic heterocycles. The number of rotatable bonds is 5. The first kappa shape index (κ1) is 14.6. The van der Waals surface area contributed by atoms with Crippen molar-refractivity contribution in [3.63, 3.8) is 0 Å². The van der Waals surface area contributed by atoms with E-state index in [0.29, 0.717) is 11.8 Å². The van der Waals surface area contributed by atoms with Crippen molar-refractivity contribution in [2.45, 2.75) is 44.1 Å². The van der Waals surface area contributed by atoms with Crippen LogP contribution in [0, 0.1) is 0 Å². The maximum atomic E-state index is 11.2. The number of hydrogen-bond acceptors (Lipinski definition) is 5. The number of carboxylic acid groups (broad SMARTS) is 1. The number of aliphatic carboxylic acids is 1. The number of hydrogen-bond donors (Lipinski definition) is 2. The molecule has 1 saturated carbocycles. The summed E-state index contributed by atoms with van der Waals surface area (Å²) in [5, 5.41) is 12.5. The molecular formula is C14H22N4O2. The predicted octanol–water partition coefficient (Wildman–Crippen LogP) is 2.13. The van der Waals surface area contributed by atoms with Gasteiger partial charge in [0, 0.05) is 25.8 Å². The Balaban J connectivity index is 2.18. The van der Waals surface area contributed by atoms with E-state index >= 15 is 0 Å². The molecule has 0 saturated heterocycles. The zero-order valence-electron chi connectivity index (χ0n) is 12.1. The summed E-state index contributed by atoms with van der Waals surface area (Å²) in [5.74, 6) is 0.560. The number of aromatic nitrogens is 2. The Morgan fingerprint density at radius 3 is 2.70 bits per heavy atom. The maximum Gasteiger partial charge on any atom is 0.305 e. The molecule has 20 heavy (non-hydrogen) atoms. The number of nitrogens with zero attached hydrogens (tertiary/aromatic N) is 3. The monoisotopic (exact) mass is 278 g/mol. The van der Waals surface area contributed by atoms with E-state index in [-0.39, 0.29) is 12.0 Å². The zero-order chi connectivity index (χ0) is 14.6. The lowest BCUT2D eigenvalue weighted by atomic mass is 9.79. The Hall–Kier alpha value is -1.85. The Kier molecular flexibility index (Phi) is 4.42. The Morgan fingerprint density at radius 1 is 1.40 bits per heavy atom. The smallest absolute Gasteiger partial charge is 0.305 e. The van der Waals surface area contributed by atoms with E-state index < -0.39 is 5.97 Å². The average Bonchev–Trinajstić information content (AvgIpc) is 2.38. The second-order valence-corrected chi connectivity index (χ2v) is 5.67. The highest BCUT2D eigenvalue weighted by Gasteiger charge is 2.34. The van der Waals surface area contributed by atoms with Crippen molar-refractivity contribution in [3.05, 3.63) is 12.3 Å². The third-order valence-corrected chi connectivity index (χ3v) is 3.74. The summed E-state index contributed by atoms with van der Waals surface area (Å²) >= 11 is 0. The molecule has 6 heteroatoms. The van der Waals surface area contributed by atoms with Crippen LogP contribution >= 0.6 is 0 Å². The summed E-state index contributed by atoms with van der Waals surface area (Å²) < 4.78 is 0. The summed E-state index contributed by atoms with van der Waals surface area (Å²) in [7, 11) is 3.76. The largest absolute Gasteiger partial charge is 0.481 e. The highest BCUT2D eigenvalue weighted by molar-refractivity contribution is 5.69. The topological polar surface area (TPSA) is 78.4 Å². The molecular weight excluding hydrogens is 256 g/mol. The Bertz CT molecular complexity index is 470. The highest BCUT2D eigenvalue weighted by Crippen LogP contribution is 2.34. The van der Waals surface area contributed by atoms with Crippen LogP contribution in [-0.4, -0.2) is 40.7 Å². The van der Waals surface area contributed by atoms with E-state index in [1.165, 1.54) is 6.42 Å². The first-order valence-corrected chi connectivity index (χ1v) is 7.01. The molecule has 110 valence electrons. The first-order chi connectivity index (χ1) is 9.51. The minimum Gasteiger partial charge on any atom is -0.481 e. The van der Waals surface area contributed by atoms with Crippen molar-refractivity contribution in [2.75, 3.05) is 24.3 Å². The fourth-order valence-electron chi connectivity index (χ4n) is 2.77. The Morgan fingerprint density at radius 2 is 2.10 bits per heavy atom. The number of carboxylic acids is 1. The summed E-state index contributed by atoms with van der Waals surface area (Å²) in [6.45, 7) is 0. The van der Waals surface area contributed by atoms with Gasteiger partial charge in [-0.15, -0.1) is 0 Å². The van der Waals surface area contributed by atoms with Gasteiger partial charge in [-0.2, -0.15) is 4.98 Å². The number of anilines is 2. The molecule has 0 spiro atoms. The molecule has 1 heterocycles. The molecule has 2 rings (SSSR count). The molecule has 0 aliphatic heterocycles. The van der Waals surface area contributed by atoms with Gasteiger partial charge in [0.1, 0.15) is 5.82 Å². The molecule has 0 radical (unpaired) electrons. The zero-order valence-corrected chi connectivity index (χ0v) is 12.1. The summed E-state index contributed by atoms with van der Waals surface area (Å²) in [6.07, 6.45) is 6.88. The molecule has 1 aliphatic carbocycles. The van der Waals surface area contributed by atoms with Crippen molar-refractivity contribution in [3.8, 4) is 0 Å². The van der Waals surface area contributed by atoms with Crippen LogP contribution in [0.25, 0.3) is 0 Å². The second-order valence-electron chi connectivity index (χ2n) is 5.67. The third-order valence-electron chi connectivity index (χ3n) is 3.74. The molecule has 0 aromatic carbocycles. The van der Waals surface area contributed by atoms with Crippen molar-refractivity contribution < 1.29 is 9.90 Å². The van der Waals surface area contributed by atoms with Crippen LogP contribution in [0.5, 0.6) is 0 Å². The quantitative estimate of drug-likeness (QED) is 0.859. The SMILES string of the molecule is CN(C)c1nccc(NC2(CC(=O)O)CCCCC2)n1. The molecule has 0 amide bonds. The molecule has 1 aliphatic rings. The number of nitrogens with one attached hydrogen (secondary N) is 1. The molecule has 0 unspecified atom stereocenters. The molecule has 2 N–H and O–H groups in total.